The van der Waals surface area contributed by atoms with Gasteiger partial charge in [-0.25, -0.2) is 4.79 Å². The molecular weight excluding hydrogens is 382 g/mol. The van der Waals surface area contributed by atoms with Gasteiger partial charge in [0.1, 0.15) is 0 Å². The van der Waals surface area contributed by atoms with Gasteiger partial charge in [-0.05, 0) is 30.5 Å². The zero-order valence-electron chi connectivity index (χ0n) is 15.4. The average Bonchev–Trinajstić information content (AvgIpc) is 3.35. The molecular formula is C19H19N3O5S. The number of carbonyl (C=O) groups is 2. The average molecular weight is 401 g/mol. The van der Waals surface area contributed by atoms with E-state index < -0.39 is 17.8 Å². The number of esters is 1. The Labute approximate surface area is 165 Å². The standard InChI is InChI=1S/C19H19N3O5S/c1-13(18(24)21(2)14-7-4-3-5-8-14)26-16(23)10-11-22-19(25)27-17(20-22)15-9-6-12-28-15/h3-9,12-13H,10-11H2,1-2H3/t13-/m0/s1. The summed E-state index contributed by atoms with van der Waals surface area (Å²) >= 11 is 1.39. The van der Waals surface area contributed by atoms with Crippen LogP contribution in [0, 0.1) is 0 Å². The van der Waals surface area contributed by atoms with Crippen LogP contribution in [0.3, 0.4) is 0 Å². The third kappa shape index (κ3) is 4.55. The predicted octanol–water partition coefficient (Wildman–Crippen LogP) is 2.55. The van der Waals surface area contributed by atoms with Crippen molar-refractivity contribution in [3.63, 3.8) is 0 Å². The van der Waals surface area contributed by atoms with Gasteiger partial charge < -0.3 is 14.1 Å². The summed E-state index contributed by atoms with van der Waals surface area (Å²) in [5.41, 5.74) is 0.700. The van der Waals surface area contributed by atoms with Gasteiger partial charge in [-0.3, -0.25) is 9.59 Å². The van der Waals surface area contributed by atoms with Crippen molar-refractivity contribution < 1.29 is 18.7 Å². The summed E-state index contributed by atoms with van der Waals surface area (Å²) in [6, 6.07) is 12.7. The molecule has 0 aliphatic carbocycles. The van der Waals surface area contributed by atoms with E-state index in [4.69, 9.17) is 9.15 Å². The predicted molar refractivity (Wildman–Crippen MR) is 104 cm³/mol. The number of hydrogen-bond acceptors (Lipinski definition) is 7. The second kappa shape index (κ2) is 8.66. The van der Waals surface area contributed by atoms with Gasteiger partial charge >= 0.3 is 11.7 Å². The molecule has 9 heteroatoms. The smallest absolute Gasteiger partial charge is 0.437 e. The van der Waals surface area contributed by atoms with Crippen LogP contribution in [0.1, 0.15) is 13.3 Å². The minimum absolute atomic E-state index is 0.00196. The Bertz CT molecular complexity index is 994. The molecule has 0 unspecified atom stereocenters. The van der Waals surface area contributed by atoms with Crippen LogP contribution in [0.4, 0.5) is 5.69 Å². The molecule has 0 N–H and O–H groups in total. The van der Waals surface area contributed by atoms with Gasteiger partial charge in [0.25, 0.3) is 11.8 Å². The van der Waals surface area contributed by atoms with Gasteiger partial charge in [-0.1, -0.05) is 24.3 Å². The van der Waals surface area contributed by atoms with Crippen molar-refractivity contribution in [2.24, 2.45) is 0 Å². The molecule has 0 aliphatic heterocycles. The van der Waals surface area contributed by atoms with E-state index in [0.717, 1.165) is 9.56 Å². The maximum atomic E-state index is 12.4. The Morgan fingerprint density at radius 3 is 2.68 bits per heavy atom. The summed E-state index contributed by atoms with van der Waals surface area (Å²) in [7, 11) is 1.61. The SMILES string of the molecule is C[C@H](OC(=O)CCn1nc(-c2cccs2)oc1=O)C(=O)N(C)c1ccccc1. The number of rotatable bonds is 7. The normalized spacial score (nSPS) is 11.8. The zero-order valence-corrected chi connectivity index (χ0v) is 16.2. The lowest BCUT2D eigenvalue weighted by molar-refractivity contribution is -0.154. The first-order valence-electron chi connectivity index (χ1n) is 8.59. The number of carbonyl (C=O) groups excluding carboxylic acids is 2. The molecule has 146 valence electrons. The highest BCUT2D eigenvalue weighted by Gasteiger charge is 2.22. The summed E-state index contributed by atoms with van der Waals surface area (Å²) in [4.78, 5) is 38.5. The van der Waals surface area contributed by atoms with Crippen molar-refractivity contribution in [3.05, 3.63) is 58.4 Å². The highest BCUT2D eigenvalue weighted by atomic mass is 32.1. The minimum atomic E-state index is -0.951. The van der Waals surface area contributed by atoms with Crippen molar-refractivity contribution >= 4 is 28.9 Å². The number of likely N-dealkylation sites (N-methyl/N-ethyl adjacent to an activating group) is 1. The Morgan fingerprint density at radius 1 is 1.25 bits per heavy atom. The third-order valence-corrected chi connectivity index (χ3v) is 4.85. The van der Waals surface area contributed by atoms with Gasteiger partial charge in [-0.15, -0.1) is 16.4 Å². The number of thiophene rings is 1. The lowest BCUT2D eigenvalue weighted by atomic mass is 10.2. The topological polar surface area (TPSA) is 94.6 Å². The van der Waals surface area contributed by atoms with Crippen LogP contribution >= 0.6 is 11.3 Å². The maximum Gasteiger partial charge on any atom is 0.437 e. The quantitative estimate of drug-likeness (QED) is 0.565. The molecule has 0 saturated heterocycles. The lowest BCUT2D eigenvalue weighted by Gasteiger charge is -2.21. The van der Waals surface area contributed by atoms with E-state index >= 15 is 0 Å². The molecule has 0 fully saturated rings. The lowest BCUT2D eigenvalue weighted by Crippen LogP contribution is -2.37. The minimum Gasteiger partial charge on any atom is -0.452 e. The van der Waals surface area contributed by atoms with Crippen LogP contribution in [-0.4, -0.2) is 34.8 Å². The van der Waals surface area contributed by atoms with Gasteiger partial charge in [0.05, 0.1) is 17.8 Å². The number of aryl methyl sites for hydroxylation is 1. The first kappa shape index (κ1) is 19.6. The van der Waals surface area contributed by atoms with E-state index in [1.165, 1.54) is 23.2 Å². The van der Waals surface area contributed by atoms with Crippen molar-refractivity contribution in [2.75, 3.05) is 11.9 Å². The number of nitrogens with zero attached hydrogens (tertiary/aromatic N) is 3. The van der Waals surface area contributed by atoms with Gasteiger partial charge in [0.15, 0.2) is 6.10 Å². The molecule has 3 aromatic rings. The highest BCUT2D eigenvalue weighted by molar-refractivity contribution is 7.13. The van der Waals surface area contributed by atoms with Crippen molar-refractivity contribution in [1.82, 2.24) is 9.78 Å². The Balaban J connectivity index is 1.54. The zero-order chi connectivity index (χ0) is 20.1. The molecule has 3 rings (SSSR count). The Kier molecular flexibility index (Phi) is 6.05. The van der Waals surface area contributed by atoms with Crippen LogP contribution < -0.4 is 10.7 Å². The molecule has 0 spiro atoms. The van der Waals surface area contributed by atoms with Gasteiger partial charge in [-0.2, -0.15) is 4.68 Å². The van der Waals surface area contributed by atoms with E-state index in [2.05, 4.69) is 5.10 Å². The summed E-state index contributed by atoms with van der Waals surface area (Å²) in [5, 5.41) is 5.92. The van der Waals surface area contributed by atoms with E-state index in [9.17, 15) is 14.4 Å². The molecule has 1 amide bonds. The van der Waals surface area contributed by atoms with Crippen LogP contribution in [-0.2, 0) is 20.9 Å². The van der Waals surface area contributed by atoms with E-state index in [-0.39, 0.29) is 24.8 Å². The number of ether oxygens (including phenoxy) is 1. The number of benzene rings is 1. The number of amides is 1. The Morgan fingerprint density at radius 2 is 2.00 bits per heavy atom. The second-order valence-corrected chi connectivity index (χ2v) is 6.94. The summed E-state index contributed by atoms with van der Waals surface area (Å²) in [6.45, 7) is 1.51. The fourth-order valence-electron chi connectivity index (χ4n) is 2.50. The fourth-order valence-corrected chi connectivity index (χ4v) is 3.15. The maximum absolute atomic E-state index is 12.4. The van der Waals surface area contributed by atoms with Crippen LogP contribution in [0.2, 0.25) is 0 Å². The molecule has 0 bridgehead atoms. The molecule has 0 saturated carbocycles. The molecule has 1 aromatic carbocycles. The highest BCUT2D eigenvalue weighted by Crippen LogP contribution is 2.21. The molecule has 1 atom stereocenters. The van der Waals surface area contributed by atoms with Crippen molar-refractivity contribution in [3.8, 4) is 10.8 Å². The van der Waals surface area contributed by atoms with Crippen LogP contribution in [0.5, 0.6) is 0 Å². The molecule has 8 nitrogen and oxygen atoms in total. The molecule has 0 aliphatic rings. The van der Waals surface area contributed by atoms with Crippen LogP contribution in [0.15, 0.2) is 57.1 Å². The fraction of sp³-hybridized carbons (Fsp3) is 0.263. The van der Waals surface area contributed by atoms with Gasteiger partial charge in [0, 0.05) is 12.7 Å². The summed E-state index contributed by atoms with van der Waals surface area (Å²) in [5.74, 6) is -1.39. The molecule has 2 aromatic heterocycles. The molecule has 0 radical (unpaired) electrons. The largest absolute Gasteiger partial charge is 0.452 e. The van der Waals surface area contributed by atoms with Gasteiger partial charge in [0.2, 0.25) is 0 Å². The van der Waals surface area contributed by atoms with E-state index in [0.29, 0.717) is 5.69 Å². The van der Waals surface area contributed by atoms with E-state index in [1.807, 2.05) is 29.6 Å². The third-order valence-electron chi connectivity index (χ3n) is 4.00. The number of para-hydroxylation sites is 1. The second-order valence-electron chi connectivity index (χ2n) is 5.99. The molecule has 2 heterocycles. The van der Waals surface area contributed by atoms with Crippen molar-refractivity contribution in [2.45, 2.75) is 26.0 Å². The first-order valence-corrected chi connectivity index (χ1v) is 9.47. The first-order chi connectivity index (χ1) is 13.5. The number of aromatic nitrogens is 2. The van der Waals surface area contributed by atoms with Crippen molar-refractivity contribution in [1.29, 1.82) is 0 Å². The number of anilines is 1. The molecule has 28 heavy (non-hydrogen) atoms. The van der Waals surface area contributed by atoms with Crippen LogP contribution in [0.25, 0.3) is 10.8 Å². The summed E-state index contributed by atoms with van der Waals surface area (Å²) < 4.78 is 11.3. The summed E-state index contributed by atoms with van der Waals surface area (Å²) in [6.07, 6.45) is -1.06. The number of hydrogen-bond donors (Lipinski definition) is 0. The van der Waals surface area contributed by atoms with E-state index in [1.54, 1.807) is 25.2 Å². The Hall–Kier alpha value is -3.20. The monoisotopic (exact) mass is 401 g/mol.